The minimum atomic E-state index is -0.640. The number of nitrogens with one attached hydrogen (secondary N) is 1. The van der Waals surface area contributed by atoms with E-state index in [-0.39, 0.29) is 0 Å². The van der Waals surface area contributed by atoms with Gasteiger partial charge in [-0.2, -0.15) is 0 Å². The molecule has 6 rings (SSSR count). The van der Waals surface area contributed by atoms with Crippen molar-refractivity contribution in [3.05, 3.63) is 41.3 Å². The van der Waals surface area contributed by atoms with E-state index in [2.05, 4.69) is 26.2 Å². The number of nitrogens with zero attached hydrogens (tertiary/aromatic N) is 6. The molecule has 2 N–H and O–H groups in total. The minimum Gasteiger partial charge on any atom is -0.387 e. The van der Waals surface area contributed by atoms with Gasteiger partial charge in [0.15, 0.2) is 5.82 Å². The fourth-order valence-corrected chi connectivity index (χ4v) is 5.21. The zero-order valence-electron chi connectivity index (χ0n) is 20.3. The van der Waals surface area contributed by atoms with E-state index in [0.29, 0.717) is 17.6 Å². The second-order valence-corrected chi connectivity index (χ2v) is 10.0. The highest BCUT2D eigenvalue weighted by Crippen LogP contribution is 2.30. The van der Waals surface area contributed by atoms with Crippen molar-refractivity contribution in [2.45, 2.75) is 45.3 Å². The van der Waals surface area contributed by atoms with Gasteiger partial charge in [0.2, 0.25) is 5.95 Å². The normalized spacial score (nSPS) is 19.9. The number of hydrogen-bond donors (Lipinski definition) is 2. The molecular weight excluding hydrogens is 442 g/mol. The Hall–Kier alpha value is -2.88. The Kier molecular flexibility index (Phi) is 6.22. The predicted molar refractivity (Wildman–Crippen MR) is 135 cm³/mol. The van der Waals surface area contributed by atoms with E-state index < -0.39 is 6.10 Å². The van der Waals surface area contributed by atoms with Crippen molar-refractivity contribution in [2.24, 2.45) is 5.92 Å². The monoisotopic (exact) mass is 475 g/mol. The van der Waals surface area contributed by atoms with Crippen molar-refractivity contribution in [3.8, 4) is 0 Å². The van der Waals surface area contributed by atoms with E-state index in [1.54, 1.807) is 6.92 Å². The molecule has 0 spiro atoms. The average molecular weight is 476 g/mol. The summed E-state index contributed by atoms with van der Waals surface area (Å²) < 4.78 is 5.33. The summed E-state index contributed by atoms with van der Waals surface area (Å²) in [5.74, 6) is 2.78. The summed E-state index contributed by atoms with van der Waals surface area (Å²) in [6, 6.07) is 6.07. The Morgan fingerprint density at radius 3 is 2.74 bits per heavy atom. The molecule has 0 aliphatic carbocycles. The highest BCUT2D eigenvalue weighted by Gasteiger charge is 2.25. The van der Waals surface area contributed by atoms with Crippen molar-refractivity contribution >= 4 is 28.5 Å². The summed E-state index contributed by atoms with van der Waals surface area (Å²) in [4.78, 5) is 23.9. The molecule has 6 heterocycles. The van der Waals surface area contributed by atoms with Gasteiger partial charge in [0.05, 0.1) is 25.0 Å². The van der Waals surface area contributed by atoms with Crippen molar-refractivity contribution < 1.29 is 9.84 Å². The molecule has 0 unspecified atom stereocenters. The summed E-state index contributed by atoms with van der Waals surface area (Å²) in [5, 5.41) is 14.4. The molecule has 9 nitrogen and oxygen atoms in total. The number of hydrogen-bond acceptors (Lipinski definition) is 9. The minimum absolute atomic E-state index is 0.511. The van der Waals surface area contributed by atoms with Crippen LogP contribution < -0.4 is 10.2 Å². The Labute approximate surface area is 205 Å². The zero-order chi connectivity index (χ0) is 23.8. The van der Waals surface area contributed by atoms with Crippen LogP contribution in [0, 0.1) is 5.92 Å². The fraction of sp³-hybridized carbons (Fsp3) is 0.538. The molecule has 1 atom stereocenters. The number of fused-ring (bicyclic) bond motifs is 2. The van der Waals surface area contributed by atoms with Gasteiger partial charge in [-0.3, -0.25) is 4.90 Å². The third-order valence-corrected chi connectivity index (χ3v) is 7.24. The maximum atomic E-state index is 10.2. The lowest BCUT2D eigenvalue weighted by Crippen LogP contribution is -2.41. The summed E-state index contributed by atoms with van der Waals surface area (Å²) in [6.45, 7) is 8.52. The van der Waals surface area contributed by atoms with Crippen LogP contribution in [0.1, 0.15) is 49.2 Å². The Morgan fingerprint density at radius 1 is 1.11 bits per heavy atom. The van der Waals surface area contributed by atoms with E-state index in [0.717, 1.165) is 93.4 Å². The number of anilines is 3. The first-order valence-corrected chi connectivity index (χ1v) is 12.8. The Bertz CT molecular complexity index is 1210. The molecule has 2 fully saturated rings. The van der Waals surface area contributed by atoms with Gasteiger partial charge >= 0.3 is 0 Å². The van der Waals surface area contributed by atoms with Crippen molar-refractivity contribution in [2.75, 3.05) is 49.6 Å². The smallest absolute Gasteiger partial charge is 0.229 e. The molecule has 3 aliphatic rings. The first kappa shape index (κ1) is 22.6. The first-order valence-electron chi connectivity index (χ1n) is 12.8. The standard InChI is InChI=1S/C26H33N7O2/c1-17(34)22-11-20-12-27-26(31-24(20)25(29-22)33-8-3-2-4-9-33)30-23-6-5-19-14-32(10-7-21(19)28-23)13-18-15-35-16-18/h5-6,11-12,17-18,34H,2-4,7-10,13-16H2,1H3,(H,27,28,30,31)/t17-/m1/s1. The number of piperidine rings is 1. The molecule has 2 saturated heterocycles. The number of pyridine rings is 2. The van der Waals surface area contributed by atoms with Crippen LogP contribution in [0.5, 0.6) is 0 Å². The highest BCUT2D eigenvalue weighted by molar-refractivity contribution is 5.89. The third kappa shape index (κ3) is 4.80. The molecule has 3 aliphatic heterocycles. The molecule has 0 aromatic carbocycles. The SMILES string of the molecule is C[C@@H](O)c1cc2cnc(Nc3ccc4c(n3)CCN(CC3COC3)C4)nc2c(N2CCCCC2)n1. The molecule has 9 heteroatoms. The molecule has 3 aromatic rings. The number of ether oxygens (including phenoxy) is 1. The average Bonchev–Trinajstić information content (AvgIpc) is 2.86. The number of aromatic nitrogens is 4. The molecule has 35 heavy (non-hydrogen) atoms. The van der Waals surface area contributed by atoms with Crippen molar-refractivity contribution in [1.82, 2.24) is 24.8 Å². The second-order valence-electron chi connectivity index (χ2n) is 10.0. The van der Waals surface area contributed by atoms with Crippen molar-refractivity contribution in [3.63, 3.8) is 0 Å². The summed E-state index contributed by atoms with van der Waals surface area (Å²) in [5.41, 5.74) is 3.90. The molecule has 0 bridgehead atoms. The van der Waals surface area contributed by atoms with Crippen LogP contribution in [0.4, 0.5) is 17.6 Å². The quantitative estimate of drug-likeness (QED) is 0.557. The summed E-state index contributed by atoms with van der Waals surface area (Å²) >= 11 is 0. The van der Waals surface area contributed by atoms with Crippen molar-refractivity contribution in [1.29, 1.82) is 0 Å². The molecule has 3 aromatic heterocycles. The topological polar surface area (TPSA) is 99.5 Å². The van der Waals surface area contributed by atoms with Gasteiger partial charge in [-0.1, -0.05) is 6.07 Å². The fourth-order valence-electron chi connectivity index (χ4n) is 5.21. The number of aliphatic hydroxyl groups is 1. The van der Waals surface area contributed by atoms with E-state index in [1.807, 2.05) is 18.3 Å². The molecule has 0 amide bonds. The maximum Gasteiger partial charge on any atom is 0.229 e. The molecular formula is C26H33N7O2. The summed E-state index contributed by atoms with van der Waals surface area (Å²) in [7, 11) is 0. The Balaban J connectivity index is 1.24. The lowest BCUT2D eigenvalue weighted by molar-refractivity contribution is -0.0480. The number of aliphatic hydroxyl groups excluding tert-OH is 1. The van der Waals surface area contributed by atoms with E-state index >= 15 is 0 Å². The van der Waals surface area contributed by atoms with Crippen LogP contribution in [0.15, 0.2) is 24.4 Å². The van der Waals surface area contributed by atoms with E-state index in [1.165, 1.54) is 12.0 Å². The number of rotatable bonds is 6. The summed E-state index contributed by atoms with van der Waals surface area (Å²) in [6.07, 6.45) is 5.64. The van der Waals surface area contributed by atoms with Crippen LogP contribution in [-0.2, 0) is 17.7 Å². The zero-order valence-corrected chi connectivity index (χ0v) is 20.3. The molecule has 184 valence electrons. The Morgan fingerprint density at radius 2 is 1.97 bits per heavy atom. The van der Waals surface area contributed by atoms with Crippen LogP contribution in [0.3, 0.4) is 0 Å². The van der Waals surface area contributed by atoms with Gasteiger partial charge in [-0.05, 0) is 43.9 Å². The lowest BCUT2D eigenvalue weighted by Gasteiger charge is -2.34. The van der Waals surface area contributed by atoms with Gasteiger partial charge < -0.3 is 20.1 Å². The maximum absolute atomic E-state index is 10.2. The van der Waals surface area contributed by atoms with Gasteiger partial charge in [-0.15, -0.1) is 0 Å². The van der Waals surface area contributed by atoms with E-state index in [9.17, 15) is 5.11 Å². The third-order valence-electron chi connectivity index (χ3n) is 7.24. The highest BCUT2D eigenvalue weighted by atomic mass is 16.5. The largest absolute Gasteiger partial charge is 0.387 e. The van der Waals surface area contributed by atoms with Crippen LogP contribution in [0.25, 0.3) is 10.9 Å². The van der Waals surface area contributed by atoms with E-state index in [4.69, 9.17) is 19.7 Å². The van der Waals surface area contributed by atoms with Gasteiger partial charge in [0.25, 0.3) is 0 Å². The van der Waals surface area contributed by atoms with Crippen LogP contribution in [0.2, 0.25) is 0 Å². The second kappa shape index (κ2) is 9.64. The lowest BCUT2D eigenvalue weighted by atomic mass is 10.0. The molecule has 0 radical (unpaired) electrons. The first-order chi connectivity index (χ1) is 17.1. The van der Waals surface area contributed by atoms with Gasteiger partial charge in [-0.25, -0.2) is 19.9 Å². The molecule has 0 saturated carbocycles. The van der Waals surface area contributed by atoms with Crippen LogP contribution in [-0.4, -0.2) is 69.3 Å². The van der Waals surface area contributed by atoms with Crippen LogP contribution >= 0.6 is 0 Å². The van der Waals surface area contributed by atoms with Gasteiger partial charge in [0, 0.05) is 62.3 Å². The predicted octanol–water partition coefficient (Wildman–Crippen LogP) is 3.21. The van der Waals surface area contributed by atoms with Gasteiger partial charge in [0.1, 0.15) is 11.3 Å².